The number of hydrogen-bond donors (Lipinski definition) is 1. The molecule has 0 saturated carbocycles. The lowest BCUT2D eigenvalue weighted by atomic mass is 9.89. The van der Waals surface area contributed by atoms with E-state index in [1.54, 1.807) is 12.1 Å². The lowest BCUT2D eigenvalue weighted by Crippen LogP contribution is -2.26. The molecule has 0 spiro atoms. The third-order valence-electron chi connectivity index (χ3n) is 4.36. The summed E-state index contributed by atoms with van der Waals surface area (Å²) in [4.78, 5) is 13.6. The van der Waals surface area contributed by atoms with E-state index in [0.29, 0.717) is 12.1 Å². The van der Waals surface area contributed by atoms with Crippen LogP contribution in [0.15, 0.2) is 18.2 Å². The van der Waals surface area contributed by atoms with Gasteiger partial charge in [-0.15, -0.1) is 3.89 Å². The number of anilines is 1. The minimum atomic E-state index is -4.58. The standard InChI is InChI=1S/C15H18FNO4S/c16-22(20,21)9-10-6-15(19)17(8-10)12-5-4-11-2-1-3-14(18)13(11)7-12/h4-5,7,10,14,18H,1-3,6,8-9H2. The SMILES string of the molecule is O=C1CC(CS(=O)(=O)F)CN1c1ccc2c(c1)C(O)CCC2. The van der Waals surface area contributed by atoms with Crippen LogP contribution in [0.2, 0.25) is 0 Å². The molecule has 2 unspecified atom stereocenters. The number of aliphatic hydroxyl groups excluding tert-OH is 1. The van der Waals surface area contributed by atoms with E-state index in [9.17, 15) is 22.2 Å². The van der Waals surface area contributed by atoms with Crippen LogP contribution >= 0.6 is 0 Å². The van der Waals surface area contributed by atoms with Gasteiger partial charge in [-0.1, -0.05) is 6.07 Å². The maximum Gasteiger partial charge on any atom is 0.302 e. The topological polar surface area (TPSA) is 74.7 Å². The van der Waals surface area contributed by atoms with Gasteiger partial charge < -0.3 is 10.0 Å². The van der Waals surface area contributed by atoms with Crippen LogP contribution in [0.3, 0.4) is 0 Å². The van der Waals surface area contributed by atoms with Crippen LogP contribution in [0, 0.1) is 5.92 Å². The van der Waals surface area contributed by atoms with Crippen LogP contribution in [0.4, 0.5) is 9.57 Å². The summed E-state index contributed by atoms with van der Waals surface area (Å²) in [5.41, 5.74) is 2.55. The third-order valence-corrected chi connectivity index (χ3v) is 5.23. The van der Waals surface area contributed by atoms with Crippen molar-refractivity contribution in [3.63, 3.8) is 0 Å². The van der Waals surface area contributed by atoms with Gasteiger partial charge in [-0.3, -0.25) is 4.79 Å². The van der Waals surface area contributed by atoms with Crippen molar-refractivity contribution in [3.8, 4) is 0 Å². The fourth-order valence-corrected chi connectivity index (χ4v) is 4.14. The van der Waals surface area contributed by atoms with E-state index in [4.69, 9.17) is 0 Å². The second-order valence-corrected chi connectivity index (χ2v) is 7.48. The zero-order valence-electron chi connectivity index (χ0n) is 12.0. The quantitative estimate of drug-likeness (QED) is 0.858. The van der Waals surface area contributed by atoms with Crippen LogP contribution in [-0.4, -0.2) is 31.7 Å². The summed E-state index contributed by atoms with van der Waals surface area (Å²) in [6, 6.07) is 5.50. The Morgan fingerprint density at radius 3 is 2.86 bits per heavy atom. The van der Waals surface area contributed by atoms with Crippen LogP contribution in [-0.2, 0) is 21.4 Å². The number of nitrogens with zero attached hydrogens (tertiary/aromatic N) is 1. The molecule has 22 heavy (non-hydrogen) atoms. The van der Waals surface area contributed by atoms with Crippen molar-refractivity contribution in [2.75, 3.05) is 17.2 Å². The highest BCUT2D eigenvalue weighted by Gasteiger charge is 2.34. The molecule has 1 aliphatic carbocycles. The number of benzene rings is 1. The van der Waals surface area contributed by atoms with Gasteiger partial charge in [0, 0.05) is 24.6 Å². The van der Waals surface area contributed by atoms with Gasteiger partial charge in [-0.05, 0) is 42.5 Å². The highest BCUT2D eigenvalue weighted by Crippen LogP contribution is 2.34. The van der Waals surface area contributed by atoms with Gasteiger partial charge in [0.25, 0.3) is 0 Å². The summed E-state index contributed by atoms with van der Waals surface area (Å²) in [6.07, 6.45) is 2.05. The fourth-order valence-electron chi connectivity index (χ4n) is 3.35. The summed E-state index contributed by atoms with van der Waals surface area (Å²) < 4.78 is 34.3. The van der Waals surface area contributed by atoms with Crippen molar-refractivity contribution in [2.24, 2.45) is 5.92 Å². The number of amides is 1. The molecule has 1 aliphatic heterocycles. The predicted molar refractivity (Wildman–Crippen MR) is 79.7 cm³/mol. The van der Waals surface area contributed by atoms with Gasteiger partial charge in [0.1, 0.15) is 0 Å². The van der Waals surface area contributed by atoms with E-state index < -0.39 is 28.0 Å². The highest BCUT2D eigenvalue weighted by molar-refractivity contribution is 7.86. The summed E-state index contributed by atoms with van der Waals surface area (Å²) in [5, 5.41) is 10.1. The average Bonchev–Trinajstić information content (AvgIpc) is 2.77. The minimum absolute atomic E-state index is 0.0305. The van der Waals surface area contributed by atoms with Crippen molar-refractivity contribution in [1.82, 2.24) is 0 Å². The second kappa shape index (κ2) is 5.62. The number of fused-ring (bicyclic) bond motifs is 1. The van der Waals surface area contributed by atoms with Gasteiger partial charge >= 0.3 is 10.2 Å². The molecule has 2 atom stereocenters. The molecular formula is C15H18FNO4S. The van der Waals surface area contributed by atoms with Gasteiger partial charge in [0.15, 0.2) is 0 Å². The number of aryl methyl sites for hydroxylation is 1. The Morgan fingerprint density at radius 1 is 1.36 bits per heavy atom. The number of hydrogen-bond acceptors (Lipinski definition) is 4. The molecule has 3 rings (SSSR count). The van der Waals surface area contributed by atoms with Crippen molar-refractivity contribution < 1.29 is 22.2 Å². The molecule has 1 saturated heterocycles. The van der Waals surface area contributed by atoms with Crippen molar-refractivity contribution in [3.05, 3.63) is 29.3 Å². The van der Waals surface area contributed by atoms with Gasteiger partial charge in [0.05, 0.1) is 11.9 Å². The Labute approximate surface area is 129 Å². The summed E-state index contributed by atoms with van der Waals surface area (Å²) in [5.74, 6) is -1.36. The van der Waals surface area contributed by atoms with E-state index in [1.165, 1.54) is 4.90 Å². The zero-order valence-corrected chi connectivity index (χ0v) is 12.9. The third kappa shape index (κ3) is 3.15. The largest absolute Gasteiger partial charge is 0.388 e. The summed E-state index contributed by atoms with van der Waals surface area (Å²) in [6.45, 7) is 0.191. The lowest BCUT2D eigenvalue weighted by molar-refractivity contribution is -0.117. The molecule has 1 fully saturated rings. The van der Waals surface area contributed by atoms with E-state index in [0.717, 1.165) is 24.0 Å². The van der Waals surface area contributed by atoms with E-state index in [-0.39, 0.29) is 18.9 Å². The number of carbonyl (C=O) groups is 1. The van der Waals surface area contributed by atoms with Crippen LogP contribution in [0.25, 0.3) is 0 Å². The molecule has 2 aliphatic rings. The van der Waals surface area contributed by atoms with Gasteiger partial charge in [-0.25, -0.2) is 0 Å². The Morgan fingerprint density at radius 2 is 2.14 bits per heavy atom. The number of rotatable bonds is 3. The normalized spacial score (nSPS) is 25.4. The summed E-state index contributed by atoms with van der Waals surface area (Å²) >= 11 is 0. The molecule has 0 aromatic heterocycles. The molecule has 120 valence electrons. The van der Waals surface area contributed by atoms with Crippen molar-refractivity contribution >= 4 is 21.8 Å². The summed E-state index contributed by atoms with van der Waals surface area (Å²) in [7, 11) is -4.58. The molecule has 1 N–H and O–H groups in total. The van der Waals surface area contributed by atoms with Gasteiger partial charge in [0.2, 0.25) is 5.91 Å². The average molecular weight is 327 g/mol. The van der Waals surface area contributed by atoms with Gasteiger partial charge in [-0.2, -0.15) is 8.42 Å². The lowest BCUT2D eigenvalue weighted by Gasteiger charge is -2.24. The monoisotopic (exact) mass is 327 g/mol. The van der Waals surface area contributed by atoms with Crippen LogP contribution in [0.5, 0.6) is 0 Å². The molecule has 1 heterocycles. The molecule has 5 nitrogen and oxygen atoms in total. The van der Waals surface area contributed by atoms with E-state index in [1.807, 2.05) is 6.07 Å². The zero-order chi connectivity index (χ0) is 15.9. The first-order valence-corrected chi connectivity index (χ1v) is 8.92. The van der Waals surface area contributed by atoms with Crippen molar-refractivity contribution in [2.45, 2.75) is 31.8 Å². The fraction of sp³-hybridized carbons (Fsp3) is 0.533. The minimum Gasteiger partial charge on any atom is -0.388 e. The Bertz CT molecular complexity index is 703. The number of halogens is 1. The molecular weight excluding hydrogens is 309 g/mol. The first-order chi connectivity index (χ1) is 10.3. The van der Waals surface area contributed by atoms with E-state index >= 15 is 0 Å². The van der Waals surface area contributed by atoms with E-state index in [2.05, 4.69) is 0 Å². The maximum atomic E-state index is 12.8. The Kier molecular flexibility index (Phi) is 3.94. The van der Waals surface area contributed by atoms with Crippen LogP contribution < -0.4 is 4.90 Å². The first-order valence-electron chi connectivity index (χ1n) is 7.37. The second-order valence-electron chi connectivity index (χ2n) is 6.07. The molecule has 1 aromatic rings. The van der Waals surface area contributed by atoms with Crippen LogP contribution in [0.1, 0.15) is 36.5 Å². The van der Waals surface area contributed by atoms with Crippen molar-refractivity contribution in [1.29, 1.82) is 0 Å². The molecule has 0 radical (unpaired) electrons. The molecule has 7 heteroatoms. The smallest absolute Gasteiger partial charge is 0.302 e. The Hall–Kier alpha value is -1.47. The predicted octanol–water partition coefficient (Wildman–Crippen LogP) is 1.71. The maximum absolute atomic E-state index is 12.8. The highest BCUT2D eigenvalue weighted by atomic mass is 32.3. The Balaban J connectivity index is 1.83. The number of aliphatic hydroxyl groups is 1. The molecule has 1 amide bonds. The first kappa shape index (κ1) is 15.4. The number of carbonyl (C=O) groups excluding carboxylic acids is 1. The molecule has 1 aromatic carbocycles. The molecule has 0 bridgehead atoms.